The van der Waals surface area contributed by atoms with E-state index in [1.165, 1.54) is 0 Å². The van der Waals surface area contributed by atoms with E-state index in [1.54, 1.807) is 6.08 Å². The van der Waals surface area contributed by atoms with Gasteiger partial charge < -0.3 is 4.74 Å². The van der Waals surface area contributed by atoms with Gasteiger partial charge in [0.1, 0.15) is 0 Å². The van der Waals surface area contributed by atoms with E-state index in [4.69, 9.17) is 16.3 Å². The quantitative estimate of drug-likeness (QED) is 0.330. The van der Waals surface area contributed by atoms with Crippen molar-refractivity contribution in [3.63, 3.8) is 0 Å². The molecule has 0 aromatic carbocycles. The first-order chi connectivity index (χ1) is 4.31. The SMILES string of the molecule is C=CC(C)OCCCCl. The lowest BCUT2D eigenvalue weighted by Gasteiger charge is -2.05. The number of alkyl halides is 1. The molecule has 0 N–H and O–H groups in total. The summed E-state index contributed by atoms with van der Waals surface area (Å²) in [4.78, 5) is 0. The molecular formula is C7H13ClO. The molecule has 0 aliphatic heterocycles. The highest BCUT2D eigenvalue weighted by atomic mass is 35.5. The summed E-state index contributed by atoms with van der Waals surface area (Å²) >= 11 is 5.42. The van der Waals surface area contributed by atoms with Gasteiger partial charge >= 0.3 is 0 Å². The fourth-order valence-electron chi connectivity index (χ4n) is 0.392. The zero-order valence-electron chi connectivity index (χ0n) is 5.77. The van der Waals surface area contributed by atoms with Gasteiger partial charge in [0.05, 0.1) is 6.10 Å². The molecule has 0 heterocycles. The minimum atomic E-state index is 0.160. The van der Waals surface area contributed by atoms with Crippen LogP contribution in [0.1, 0.15) is 13.3 Å². The van der Waals surface area contributed by atoms with Crippen LogP contribution >= 0.6 is 11.6 Å². The highest BCUT2D eigenvalue weighted by Crippen LogP contribution is 1.93. The van der Waals surface area contributed by atoms with Crippen LogP contribution in [0.4, 0.5) is 0 Å². The number of halogens is 1. The summed E-state index contributed by atoms with van der Waals surface area (Å²) in [5.41, 5.74) is 0. The van der Waals surface area contributed by atoms with Crippen molar-refractivity contribution < 1.29 is 4.74 Å². The molecule has 1 unspecified atom stereocenters. The second-order valence-electron chi connectivity index (χ2n) is 1.85. The molecule has 1 atom stereocenters. The summed E-state index contributed by atoms with van der Waals surface area (Å²) in [5, 5.41) is 0. The number of hydrogen-bond acceptors (Lipinski definition) is 1. The highest BCUT2D eigenvalue weighted by Gasteiger charge is 1.92. The van der Waals surface area contributed by atoms with Gasteiger partial charge in [0.25, 0.3) is 0 Å². The van der Waals surface area contributed by atoms with Crippen LogP contribution < -0.4 is 0 Å². The molecule has 1 nitrogen and oxygen atoms in total. The maximum Gasteiger partial charge on any atom is 0.0725 e. The summed E-state index contributed by atoms with van der Waals surface area (Å²) in [6.07, 6.45) is 2.85. The van der Waals surface area contributed by atoms with Crippen molar-refractivity contribution in [1.29, 1.82) is 0 Å². The second-order valence-corrected chi connectivity index (χ2v) is 2.23. The molecule has 0 aliphatic rings. The lowest BCUT2D eigenvalue weighted by Crippen LogP contribution is -2.05. The molecule has 9 heavy (non-hydrogen) atoms. The predicted molar refractivity (Wildman–Crippen MR) is 40.9 cm³/mol. The maximum absolute atomic E-state index is 5.42. The Bertz CT molecular complexity index is 73.3. The minimum Gasteiger partial charge on any atom is -0.374 e. The van der Waals surface area contributed by atoms with E-state index in [1.807, 2.05) is 6.92 Å². The lowest BCUT2D eigenvalue weighted by molar-refractivity contribution is 0.0987. The first kappa shape index (κ1) is 8.99. The number of ether oxygens (including phenoxy) is 1. The molecule has 0 spiro atoms. The zero-order chi connectivity index (χ0) is 7.11. The molecule has 0 fully saturated rings. The molecule has 0 bridgehead atoms. The average molecular weight is 149 g/mol. The highest BCUT2D eigenvalue weighted by molar-refractivity contribution is 6.17. The Balaban J connectivity index is 2.96. The molecule has 0 aromatic heterocycles. The first-order valence-corrected chi connectivity index (χ1v) is 3.65. The van der Waals surface area contributed by atoms with Gasteiger partial charge in [0, 0.05) is 12.5 Å². The van der Waals surface area contributed by atoms with E-state index in [-0.39, 0.29) is 6.10 Å². The molecule has 0 rings (SSSR count). The fourth-order valence-corrected chi connectivity index (χ4v) is 0.501. The van der Waals surface area contributed by atoms with Crippen LogP contribution in [0.5, 0.6) is 0 Å². The van der Waals surface area contributed by atoms with E-state index < -0.39 is 0 Å². The minimum absolute atomic E-state index is 0.160. The van der Waals surface area contributed by atoms with E-state index in [2.05, 4.69) is 6.58 Å². The van der Waals surface area contributed by atoms with Gasteiger partial charge in [-0.2, -0.15) is 0 Å². The van der Waals surface area contributed by atoms with Crippen LogP contribution in [0.25, 0.3) is 0 Å². The third kappa shape index (κ3) is 5.87. The smallest absolute Gasteiger partial charge is 0.0725 e. The third-order valence-electron chi connectivity index (χ3n) is 0.991. The molecule has 2 heteroatoms. The van der Waals surface area contributed by atoms with Gasteiger partial charge in [-0.25, -0.2) is 0 Å². The van der Waals surface area contributed by atoms with Gasteiger partial charge in [0.2, 0.25) is 0 Å². The van der Waals surface area contributed by atoms with Gasteiger partial charge in [-0.3, -0.25) is 0 Å². The molecule has 0 saturated heterocycles. The summed E-state index contributed by atoms with van der Waals surface area (Å²) in [6, 6.07) is 0. The summed E-state index contributed by atoms with van der Waals surface area (Å²) in [7, 11) is 0. The van der Waals surface area contributed by atoms with Gasteiger partial charge in [-0.05, 0) is 13.3 Å². The third-order valence-corrected chi connectivity index (χ3v) is 1.26. The van der Waals surface area contributed by atoms with E-state index in [0.717, 1.165) is 13.0 Å². The fraction of sp³-hybridized carbons (Fsp3) is 0.714. The van der Waals surface area contributed by atoms with Gasteiger partial charge in [0.15, 0.2) is 0 Å². The topological polar surface area (TPSA) is 9.23 Å². The number of rotatable bonds is 5. The van der Waals surface area contributed by atoms with Crippen molar-refractivity contribution in [1.82, 2.24) is 0 Å². The monoisotopic (exact) mass is 148 g/mol. The van der Waals surface area contributed by atoms with Crippen molar-refractivity contribution in [2.45, 2.75) is 19.4 Å². The Kier molecular flexibility index (Phi) is 6.11. The van der Waals surface area contributed by atoms with E-state index in [9.17, 15) is 0 Å². The molecule has 0 aliphatic carbocycles. The normalized spacial score (nSPS) is 13.1. The summed E-state index contributed by atoms with van der Waals surface area (Å²) < 4.78 is 5.23. The van der Waals surface area contributed by atoms with Crippen LogP contribution in [0, 0.1) is 0 Å². The molecular weight excluding hydrogens is 136 g/mol. The van der Waals surface area contributed by atoms with Crippen LogP contribution in [-0.4, -0.2) is 18.6 Å². The predicted octanol–water partition coefficient (Wildman–Crippen LogP) is 2.21. The summed E-state index contributed by atoms with van der Waals surface area (Å²) in [5.74, 6) is 0.670. The first-order valence-electron chi connectivity index (χ1n) is 3.11. The van der Waals surface area contributed by atoms with Crippen molar-refractivity contribution in [2.24, 2.45) is 0 Å². The van der Waals surface area contributed by atoms with Crippen molar-refractivity contribution in [3.8, 4) is 0 Å². The number of hydrogen-bond donors (Lipinski definition) is 0. The molecule has 0 saturated carbocycles. The van der Waals surface area contributed by atoms with Crippen LogP contribution in [-0.2, 0) is 4.74 Å². The van der Waals surface area contributed by atoms with E-state index >= 15 is 0 Å². The standard InChI is InChI=1S/C7H13ClO/c1-3-7(2)9-6-4-5-8/h3,7H,1,4-6H2,2H3. The van der Waals surface area contributed by atoms with Crippen molar-refractivity contribution >= 4 is 11.6 Å². The van der Waals surface area contributed by atoms with Crippen LogP contribution in [0.2, 0.25) is 0 Å². The van der Waals surface area contributed by atoms with Crippen LogP contribution in [0.3, 0.4) is 0 Å². The molecule has 0 aromatic rings. The Morgan fingerprint density at radius 1 is 1.78 bits per heavy atom. The Hall–Kier alpha value is -0.0100. The van der Waals surface area contributed by atoms with Crippen LogP contribution in [0.15, 0.2) is 12.7 Å². The molecule has 0 amide bonds. The van der Waals surface area contributed by atoms with Gasteiger partial charge in [-0.1, -0.05) is 6.08 Å². The summed E-state index contributed by atoms with van der Waals surface area (Å²) in [6.45, 7) is 6.27. The lowest BCUT2D eigenvalue weighted by atomic mass is 10.4. The maximum atomic E-state index is 5.42. The zero-order valence-corrected chi connectivity index (χ0v) is 6.53. The average Bonchev–Trinajstić information content (AvgIpc) is 1.89. The Labute approximate surface area is 61.7 Å². The molecule has 0 radical (unpaired) electrons. The van der Waals surface area contributed by atoms with E-state index in [0.29, 0.717) is 5.88 Å². The Morgan fingerprint density at radius 2 is 2.44 bits per heavy atom. The molecule has 54 valence electrons. The van der Waals surface area contributed by atoms with Crippen molar-refractivity contribution in [3.05, 3.63) is 12.7 Å². The second kappa shape index (κ2) is 6.12. The van der Waals surface area contributed by atoms with Gasteiger partial charge in [-0.15, -0.1) is 18.2 Å². The largest absolute Gasteiger partial charge is 0.374 e. The van der Waals surface area contributed by atoms with Crippen molar-refractivity contribution in [2.75, 3.05) is 12.5 Å². The Morgan fingerprint density at radius 3 is 2.89 bits per heavy atom.